The Kier molecular flexibility index (Phi) is 5.38. The predicted octanol–water partition coefficient (Wildman–Crippen LogP) is 3.36. The molecule has 3 nitrogen and oxygen atoms in total. The van der Waals surface area contributed by atoms with Crippen LogP contribution in [-0.4, -0.2) is 29.6 Å². The van der Waals surface area contributed by atoms with Crippen molar-refractivity contribution in [2.75, 3.05) is 13.6 Å². The predicted molar refractivity (Wildman–Crippen MR) is 73.9 cm³/mol. The molecule has 0 fully saturated rings. The van der Waals surface area contributed by atoms with E-state index < -0.39 is 5.97 Å². The second kappa shape index (κ2) is 6.57. The van der Waals surface area contributed by atoms with Gasteiger partial charge in [0.25, 0.3) is 0 Å². The van der Waals surface area contributed by atoms with Crippen LogP contribution in [0, 0.1) is 0 Å². The van der Waals surface area contributed by atoms with Gasteiger partial charge in [0.05, 0.1) is 0 Å². The van der Waals surface area contributed by atoms with Crippen LogP contribution in [0.3, 0.4) is 0 Å². The Balaban J connectivity index is 2.67. The lowest BCUT2D eigenvalue weighted by atomic mass is 10.1. The van der Waals surface area contributed by atoms with E-state index in [-0.39, 0.29) is 6.04 Å². The van der Waals surface area contributed by atoms with Crippen LogP contribution in [0.1, 0.15) is 25.5 Å². The quantitative estimate of drug-likeness (QED) is 0.832. The first kappa shape index (κ1) is 14.7. The highest BCUT2D eigenvalue weighted by Gasteiger charge is 2.10. The molecule has 0 amide bonds. The van der Waals surface area contributed by atoms with Crippen LogP contribution >= 0.6 is 11.6 Å². The summed E-state index contributed by atoms with van der Waals surface area (Å²) >= 11 is 5.85. The zero-order valence-electron chi connectivity index (χ0n) is 10.9. The number of hydrogen-bond acceptors (Lipinski definition) is 2. The standard InChI is InChI=1S/C14H18ClNO2/c1-10(14(17)18)8-9-16(3)11(2)12-4-6-13(15)7-5-12/h4-8,11H,9H2,1-3H3,(H,17,18). The molecular weight excluding hydrogens is 250 g/mol. The Hall–Kier alpha value is -1.32. The number of halogens is 1. The summed E-state index contributed by atoms with van der Waals surface area (Å²) in [6.07, 6.45) is 1.72. The van der Waals surface area contributed by atoms with Crippen LogP contribution in [0.15, 0.2) is 35.9 Å². The molecule has 0 aliphatic rings. The summed E-state index contributed by atoms with van der Waals surface area (Å²) < 4.78 is 0. The first-order chi connectivity index (χ1) is 8.41. The van der Waals surface area contributed by atoms with Gasteiger partial charge in [-0.1, -0.05) is 29.8 Å². The van der Waals surface area contributed by atoms with Gasteiger partial charge in [-0.2, -0.15) is 0 Å². The minimum atomic E-state index is -0.873. The molecule has 0 saturated heterocycles. The SMILES string of the molecule is CC(=CCN(C)C(C)c1ccc(Cl)cc1)C(=O)O. The maximum atomic E-state index is 10.7. The van der Waals surface area contributed by atoms with Gasteiger partial charge in [-0.15, -0.1) is 0 Å². The maximum Gasteiger partial charge on any atom is 0.330 e. The molecule has 1 aromatic rings. The van der Waals surface area contributed by atoms with Gasteiger partial charge in [-0.05, 0) is 38.6 Å². The first-order valence-corrected chi connectivity index (χ1v) is 6.15. The van der Waals surface area contributed by atoms with E-state index >= 15 is 0 Å². The van der Waals surface area contributed by atoms with Crippen LogP contribution < -0.4 is 0 Å². The molecule has 1 unspecified atom stereocenters. The lowest BCUT2D eigenvalue weighted by Gasteiger charge is -2.23. The van der Waals surface area contributed by atoms with Crippen molar-refractivity contribution in [2.24, 2.45) is 0 Å². The number of carboxylic acid groups (broad SMARTS) is 1. The number of aliphatic carboxylic acids is 1. The Morgan fingerprint density at radius 1 is 1.44 bits per heavy atom. The number of benzene rings is 1. The smallest absolute Gasteiger partial charge is 0.330 e. The Labute approximate surface area is 113 Å². The topological polar surface area (TPSA) is 40.5 Å². The van der Waals surface area contributed by atoms with Crippen LogP contribution in [0.5, 0.6) is 0 Å². The summed E-state index contributed by atoms with van der Waals surface area (Å²) in [5.41, 5.74) is 1.52. The fourth-order valence-electron chi connectivity index (χ4n) is 1.52. The highest BCUT2D eigenvalue weighted by Crippen LogP contribution is 2.20. The molecule has 0 aliphatic carbocycles. The van der Waals surface area contributed by atoms with E-state index in [1.807, 2.05) is 31.3 Å². The molecule has 0 aliphatic heterocycles. The maximum absolute atomic E-state index is 10.7. The van der Waals surface area contributed by atoms with Gasteiger partial charge in [-0.25, -0.2) is 4.79 Å². The van der Waals surface area contributed by atoms with Crippen LogP contribution in [-0.2, 0) is 4.79 Å². The molecule has 0 heterocycles. The molecular formula is C14H18ClNO2. The fourth-order valence-corrected chi connectivity index (χ4v) is 1.65. The highest BCUT2D eigenvalue weighted by molar-refractivity contribution is 6.30. The summed E-state index contributed by atoms with van der Waals surface area (Å²) in [6.45, 7) is 4.28. The number of rotatable bonds is 5. The van der Waals surface area contributed by atoms with E-state index in [0.717, 1.165) is 10.6 Å². The lowest BCUT2D eigenvalue weighted by molar-refractivity contribution is -0.132. The lowest BCUT2D eigenvalue weighted by Crippen LogP contribution is -2.23. The Morgan fingerprint density at radius 2 is 2.00 bits per heavy atom. The third-order valence-corrected chi connectivity index (χ3v) is 3.29. The minimum absolute atomic E-state index is 0.208. The number of nitrogens with zero attached hydrogens (tertiary/aromatic N) is 1. The van der Waals surface area contributed by atoms with Gasteiger partial charge < -0.3 is 5.11 Å². The second-order valence-electron chi connectivity index (χ2n) is 4.36. The van der Waals surface area contributed by atoms with Crippen LogP contribution in [0.4, 0.5) is 0 Å². The van der Waals surface area contributed by atoms with E-state index in [9.17, 15) is 4.79 Å². The summed E-state index contributed by atoms with van der Waals surface area (Å²) in [6, 6.07) is 7.90. The molecule has 0 radical (unpaired) electrons. The Bertz CT molecular complexity index is 440. The van der Waals surface area contributed by atoms with Crippen molar-refractivity contribution < 1.29 is 9.90 Å². The number of hydrogen-bond donors (Lipinski definition) is 1. The first-order valence-electron chi connectivity index (χ1n) is 5.77. The number of likely N-dealkylation sites (N-methyl/N-ethyl adjacent to an activating group) is 1. The molecule has 18 heavy (non-hydrogen) atoms. The molecule has 0 spiro atoms. The van der Waals surface area contributed by atoms with E-state index in [2.05, 4.69) is 11.8 Å². The summed E-state index contributed by atoms with van der Waals surface area (Å²) in [4.78, 5) is 12.8. The largest absolute Gasteiger partial charge is 0.478 e. The third-order valence-electron chi connectivity index (χ3n) is 3.04. The van der Waals surface area contributed by atoms with Crippen molar-refractivity contribution in [3.05, 3.63) is 46.5 Å². The van der Waals surface area contributed by atoms with Crippen molar-refractivity contribution >= 4 is 17.6 Å². The average molecular weight is 268 g/mol. The summed E-state index contributed by atoms with van der Waals surface area (Å²) in [7, 11) is 1.96. The minimum Gasteiger partial charge on any atom is -0.478 e. The average Bonchev–Trinajstić information content (AvgIpc) is 2.35. The van der Waals surface area contributed by atoms with Crippen LogP contribution in [0.25, 0.3) is 0 Å². The zero-order valence-corrected chi connectivity index (χ0v) is 11.6. The van der Waals surface area contributed by atoms with Crippen LogP contribution in [0.2, 0.25) is 5.02 Å². The van der Waals surface area contributed by atoms with Gasteiger partial charge in [0.1, 0.15) is 0 Å². The van der Waals surface area contributed by atoms with Crippen molar-refractivity contribution in [1.82, 2.24) is 4.90 Å². The molecule has 1 aromatic carbocycles. The van der Waals surface area contributed by atoms with Gasteiger partial charge in [0.15, 0.2) is 0 Å². The zero-order chi connectivity index (χ0) is 13.7. The van der Waals surface area contributed by atoms with E-state index in [1.54, 1.807) is 13.0 Å². The number of carboxylic acids is 1. The highest BCUT2D eigenvalue weighted by atomic mass is 35.5. The van der Waals surface area contributed by atoms with Crippen molar-refractivity contribution in [2.45, 2.75) is 19.9 Å². The molecule has 0 aromatic heterocycles. The van der Waals surface area contributed by atoms with Gasteiger partial charge >= 0.3 is 5.97 Å². The normalized spacial score (nSPS) is 13.7. The van der Waals surface area contributed by atoms with Gasteiger partial charge in [0.2, 0.25) is 0 Å². The summed E-state index contributed by atoms with van der Waals surface area (Å²) in [5.74, 6) is -0.873. The summed E-state index contributed by atoms with van der Waals surface area (Å²) in [5, 5.41) is 9.50. The van der Waals surface area contributed by atoms with Crippen molar-refractivity contribution in [3.8, 4) is 0 Å². The Morgan fingerprint density at radius 3 is 2.50 bits per heavy atom. The van der Waals surface area contributed by atoms with Crippen molar-refractivity contribution in [3.63, 3.8) is 0 Å². The third kappa shape index (κ3) is 4.17. The van der Waals surface area contributed by atoms with Gasteiger partial charge in [0, 0.05) is 23.2 Å². The number of carbonyl (C=O) groups is 1. The van der Waals surface area contributed by atoms with Gasteiger partial charge in [-0.3, -0.25) is 4.90 Å². The van der Waals surface area contributed by atoms with E-state index in [1.165, 1.54) is 0 Å². The van der Waals surface area contributed by atoms with E-state index in [0.29, 0.717) is 12.1 Å². The molecule has 98 valence electrons. The van der Waals surface area contributed by atoms with E-state index in [4.69, 9.17) is 16.7 Å². The monoisotopic (exact) mass is 267 g/mol. The molecule has 4 heteroatoms. The molecule has 1 rings (SSSR count). The fraction of sp³-hybridized carbons (Fsp3) is 0.357. The molecule has 0 saturated carbocycles. The van der Waals surface area contributed by atoms with Crippen molar-refractivity contribution in [1.29, 1.82) is 0 Å². The molecule has 1 N–H and O–H groups in total. The molecule has 1 atom stereocenters. The molecule has 0 bridgehead atoms. The second-order valence-corrected chi connectivity index (χ2v) is 4.80.